The number of hydrogen-bond acceptors (Lipinski definition) is 5. The number of nitrogens with zero attached hydrogens (tertiary/aromatic N) is 2. The molecule has 26 heavy (non-hydrogen) atoms. The zero-order valence-electron chi connectivity index (χ0n) is 14.0. The van der Waals surface area contributed by atoms with Gasteiger partial charge in [0.2, 0.25) is 0 Å². The number of rotatable bonds is 4. The molecule has 4 rings (SSSR count). The molecule has 0 spiro atoms. The van der Waals surface area contributed by atoms with Crippen LogP contribution in [0.15, 0.2) is 52.3 Å². The van der Waals surface area contributed by atoms with Crippen LogP contribution < -0.4 is 4.74 Å². The summed E-state index contributed by atoms with van der Waals surface area (Å²) in [4.78, 5) is 15.8. The number of para-hydroxylation sites is 1. The molecule has 5 nitrogen and oxygen atoms in total. The second kappa shape index (κ2) is 7.06. The SMILES string of the molecule is N#Cc1ccccc1OCc1ccc(C(=O)N2CCc3sccc3C2)o1. The lowest BCUT2D eigenvalue weighted by Gasteiger charge is -2.26. The second-order valence-corrected chi connectivity index (χ2v) is 7.01. The van der Waals surface area contributed by atoms with E-state index < -0.39 is 0 Å². The van der Waals surface area contributed by atoms with Gasteiger partial charge < -0.3 is 14.1 Å². The minimum Gasteiger partial charge on any atom is -0.484 e. The first-order valence-electron chi connectivity index (χ1n) is 8.30. The summed E-state index contributed by atoms with van der Waals surface area (Å²) < 4.78 is 11.3. The van der Waals surface area contributed by atoms with Gasteiger partial charge in [0.25, 0.3) is 5.91 Å². The summed E-state index contributed by atoms with van der Waals surface area (Å²) in [5, 5.41) is 11.2. The van der Waals surface area contributed by atoms with Crippen molar-refractivity contribution in [1.29, 1.82) is 5.26 Å². The Labute approximate surface area is 155 Å². The van der Waals surface area contributed by atoms with Crippen LogP contribution in [0.5, 0.6) is 5.75 Å². The van der Waals surface area contributed by atoms with Crippen molar-refractivity contribution in [2.45, 2.75) is 19.6 Å². The highest BCUT2D eigenvalue weighted by molar-refractivity contribution is 7.10. The quantitative estimate of drug-likeness (QED) is 0.702. The highest BCUT2D eigenvalue weighted by Gasteiger charge is 2.24. The Kier molecular flexibility index (Phi) is 4.46. The van der Waals surface area contributed by atoms with Crippen LogP contribution in [0.3, 0.4) is 0 Å². The van der Waals surface area contributed by atoms with Gasteiger partial charge in [-0.15, -0.1) is 11.3 Å². The Hall–Kier alpha value is -3.04. The van der Waals surface area contributed by atoms with E-state index in [0.29, 0.717) is 35.9 Å². The van der Waals surface area contributed by atoms with E-state index in [-0.39, 0.29) is 12.5 Å². The Bertz CT molecular complexity index is 983. The molecule has 0 atom stereocenters. The van der Waals surface area contributed by atoms with Crippen LogP contribution >= 0.6 is 11.3 Å². The Morgan fingerprint density at radius 3 is 3.04 bits per heavy atom. The van der Waals surface area contributed by atoms with Gasteiger partial charge in [0.05, 0.1) is 5.56 Å². The Morgan fingerprint density at radius 1 is 1.27 bits per heavy atom. The number of hydrogen-bond donors (Lipinski definition) is 0. The third kappa shape index (κ3) is 3.22. The predicted molar refractivity (Wildman–Crippen MR) is 97.0 cm³/mol. The van der Waals surface area contributed by atoms with Crippen molar-refractivity contribution in [2.24, 2.45) is 0 Å². The maximum Gasteiger partial charge on any atom is 0.289 e. The van der Waals surface area contributed by atoms with E-state index >= 15 is 0 Å². The van der Waals surface area contributed by atoms with E-state index in [1.54, 1.807) is 41.7 Å². The zero-order valence-corrected chi connectivity index (χ0v) is 14.8. The number of furan rings is 1. The first kappa shape index (κ1) is 16.4. The van der Waals surface area contributed by atoms with E-state index in [9.17, 15) is 4.79 Å². The van der Waals surface area contributed by atoms with Crippen LogP contribution in [0, 0.1) is 11.3 Å². The van der Waals surface area contributed by atoms with Gasteiger partial charge in [-0.25, -0.2) is 0 Å². The van der Waals surface area contributed by atoms with E-state index in [4.69, 9.17) is 14.4 Å². The molecular weight excluding hydrogens is 348 g/mol. The predicted octanol–water partition coefficient (Wildman–Crippen LogP) is 3.99. The van der Waals surface area contributed by atoms with E-state index in [1.807, 2.05) is 11.0 Å². The van der Waals surface area contributed by atoms with Gasteiger partial charge in [0, 0.05) is 18.0 Å². The van der Waals surface area contributed by atoms with Gasteiger partial charge in [-0.2, -0.15) is 5.26 Å². The number of ether oxygens (including phenoxy) is 1. The molecule has 0 fully saturated rings. The molecular formula is C20H16N2O3S. The summed E-state index contributed by atoms with van der Waals surface area (Å²) in [6, 6.07) is 14.6. The number of amides is 1. The van der Waals surface area contributed by atoms with Gasteiger partial charge in [0.15, 0.2) is 5.76 Å². The molecule has 0 saturated heterocycles. The topological polar surface area (TPSA) is 66.5 Å². The van der Waals surface area contributed by atoms with Gasteiger partial charge >= 0.3 is 0 Å². The summed E-state index contributed by atoms with van der Waals surface area (Å²) in [6.07, 6.45) is 0.889. The summed E-state index contributed by atoms with van der Waals surface area (Å²) >= 11 is 1.75. The molecule has 0 unspecified atom stereocenters. The van der Waals surface area contributed by atoms with Crippen LogP contribution in [-0.2, 0) is 19.6 Å². The summed E-state index contributed by atoms with van der Waals surface area (Å²) in [5.41, 5.74) is 1.69. The third-order valence-electron chi connectivity index (χ3n) is 4.34. The molecule has 3 heterocycles. The maximum absolute atomic E-state index is 12.7. The van der Waals surface area contributed by atoms with E-state index in [2.05, 4.69) is 17.5 Å². The van der Waals surface area contributed by atoms with Crippen LogP contribution in [0.25, 0.3) is 0 Å². The molecule has 1 aliphatic rings. The first-order valence-corrected chi connectivity index (χ1v) is 9.18. The molecule has 1 amide bonds. The lowest BCUT2D eigenvalue weighted by atomic mass is 10.1. The number of carbonyl (C=O) groups is 1. The molecule has 1 aromatic carbocycles. The van der Waals surface area contributed by atoms with Gasteiger partial charge in [-0.1, -0.05) is 12.1 Å². The molecule has 2 aromatic heterocycles. The monoisotopic (exact) mass is 364 g/mol. The third-order valence-corrected chi connectivity index (χ3v) is 5.37. The number of fused-ring (bicyclic) bond motifs is 1. The maximum atomic E-state index is 12.7. The molecule has 0 saturated carbocycles. The standard InChI is InChI=1S/C20H16N2O3S/c21-11-14-3-1-2-4-17(14)24-13-16-5-6-18(25-16)20(23)22-9-7-19-15(12-22)8-10-26-19/h1-6,8,10H,7,9,12-13H2. The van der Waals surface area contributed by atoms with Crippen LogP contribution in [-0.4, -0.2) is 17.4 Å². The van der Waals surface area contributed by atoms with E-state index in [1.165, 1.54) is 10.4 Å². The van der Waals surface area contributed by atoms with Crippen LogP contribution in [0.2, 0.25) is 0 Å². The fourth-order valence-corrected chi connectivity index (χ4v) is 3.87. The molecule has 1 aliphatic heterocycles. The Morgan fingerprint density at radius 2 is 2.15 bits per heavy atom. The molecule has 0 N–H and O–H groups in total. The lowest BCUT2D eigenvalue weighted by molar-refractivity contribution is 0.0699. The summed E-state index contributed by atoms with van der Waals surface area (Å²) in [6.45, 7) is 1.49. The number of nitriles is 1. The average molecular weight is 364 g/mol. The lowest BCUT2D eigenvalue weighted by Crippen LogP contribution is -2.35. The van der Waals surface area contributed by atoms with Crippen molar-refractivity contribution in [3.8, 4) is 11.8 Å². The smallest absolute Gasteiger partial charge is 0.289 e. The average Bonchev–Trinajstić information content (AvgIpc) is 3.34. The minimum atomic E-state index is -0.106. The molecule has 0 radical (unpaired) electrons. The van der Waals surface area contributed by atoms with E-state index in [0.717, 1.165) is 6.42 Å². The van der Waals surface area contributed by atoms with Crippen molar-refractivity contribution in [1.82, 2.24) is 4.90 Å². The minimum absolute atomic E-state index is 0.106. The highest BCUT2D eigenvalue weighted by Crippen LogP contribution is 2.25. The van der Waals surface area contributed by atoms with Crippen LogP contribution in [0.1, 0.15) is 32.3 Å². The fourth-order valence-electron chi connectivity index (χ4n) is 2.98. The largest absolute Gasteiger partial charge is 0.484 e. The van der Waals surface area contributed by atoms with Crippen molar-refractivity contribution in [2.75, 3.05) is 6.54 Å². The van der Waals surface area contributed by atoms with Gasteiger partial charge in [0.1, 0.15) is 24.2 Å². The molecule has 0 aliphatic carbocycles. The fraction of sp³-hybridized carbons (Fsp3) is 0.200. The molecule has 130 valence electrons. The van der Waals surface area contributed by atoms with Crippen molar-refractivity contribution in [3.05, 3.63) is 75.4 Å². The number of thiophene rings is 1. The van der Waals surface area contributed by atoms with Gasteiger partial charge in [-0.3, -0.25) is 4.79 Å². The molecule has 3 aromatic rings. The molecule has 6 heteroatoms. The summed E-state index contributed by atoms with van der Waals surface area (Å²) in [5.74, 6) is 1.26. The zero-order chi connectivity index (χ0) is 17.9. The van der Waals surface area contributed by atoms with Crippen LogP contribution in [0.4, 0.5) is 0 Å². The first-order chi connectivity index (χ1) is 12.7. The Balaban J connectivity index is 1.42. The second-order valence-electron chi connectivity index (χ2n) is 6.01. The van der Waals surface area contributed by atoms with Gasteiger partial charge in [-0.05, 0) is 47.7 Å². The van der Waals surface area contributed by atoms with Crippen molar-refractivity contribution >= 4 is 17.2 Å². The molecule has 0 bridgehead atoms. The summed E-state index contributed by atoms with van der Waals surface area (Å²) in [7, 11) is 0. The highest BCUT2D eigenvalue weighted by atomic mass is 32.1. The normalized spacial score (nSPS) is 13.1. The number of carbonyl (C=O) groups excluding carboxylic acids is 1. The van der Waals surface area contributed by atoms with Crippen molar-refractivity contribution in [3.63, 3.8) is 0 Å². The number of benzene rings is 1. The van der Waals surface area contributed by atoms with Crippen molar-refractivity contribution < 1.29 is 13.9 Å².